The van der Waals surface area contributed by atoms with Gasteiger partial charge in [-0.1, -0.05) is 45.9 Å². The van der Waals surface area contributed by atoms with Crippen LogP contribution in [0.3, 0.4) is 0 Å². The van der Waals surface area contributed by atoms with Gasteiger partial charge < -0.3 is 5.32 Å². The number of halogens is 4. The number of thioether (sulfide) groups is 1. The molecule has 1 N–H and O–H groups in total. The fourth-order valence-corrected chi connectivity index (χ4v) is 4.07. The topological polar surface area (TPSA) is 42.0 Å². The van der Waals surface area contributed by atoms with Crippen LogP contribution in [-0.2, 0) is 11.0 Å². The number of benzene rings is 2. The molecule has 0 radical (unpaired) electrons. The van der Waals surface area contributed by atoms with Crippen molar-refractivity contribution in [3.63, 3.8) is 0 Å². The van der Waals surface area contributed by atoms with Gasteiger partial charge in [-0.25, -0.2) is 4.98 Å². The lowest BCUT2D eigenvalue weighted by Crippen LogP contribution is -2.15. The van der Waals surface area contributed by atoms with Crippen molar-refractivity contribution < 1.29 is 18.0 Å². The minimum Gasteiger partial charge on any atom is -0.325 e. The first-order valence-corrected chi connectivity index (χ1v) is 10.3. The summed E-state index contributed by atoms with van der Waals surface area (Å²) in [6, 6.07) is 12.3. The number of thiazole rings is 1. The third-order valence-electron chi connectivity index (χ3n) is 3.42. The van der Waals surface area contributed by atoms with Gasteiger partial charge in [-0.15, -0.1) is 11.3 Å². The van der Waals surface area contributed by atoms with Crippen LogP contribution < -0.4 is 5.32 Å². The van der Waals surface area contributed by atoms with Gasteiger partial charge in [0.1, 0.15) is 0 Å². The minimum atomic E-state index is -4.44. The van der Waals surface area contributed by atoms with Crippen molar-refractivity contribution >= 4 is 50.6 Å². The summed E-state index contributed by atoms with van der Waals surface area (Å²) in [5, 5.41) is 4.38. The molecule has 0 aliphatic carbocycles. The van der Waals surface area contributed by atoms with Gasteiger partial charge in [0.25, 0.3) is 0 Å². The number of carbonyl (C=O) groups excluding carboxylic acids is 1. The normalized spacial score (nSPS) is 11.4. The Morgan fingerprint density at radius 2 is 1.93 bits per heavy atom. The smallest absolute Gasteiger partial charge is 0.325 e. The van der Waals surface area contributed by atoms with Crippen LogP contribution in [0, 0.1) is 0 Å². The standard InChI is InChI=1S/C18H12BrF3N2OS2/c19-13-6-4-11(5-7-13)15-9-26-17(24-15)27-10-16(25)23-14-3-1-2-12(8-14)18(20,21)22/h1-9H,10H2,(H,23,25). The molecule has 140 valence electrons. The summed E-state index contributed by atoms with van der Waals surface area (Å²) in [5.74, 6) is -0.330. The summed E-state index contributed by atoms with van der Waals surface area (Å²) in [6.07, 6.45) is -4.44. The molecular weight excluding hydrogens is 461 g/mol. The summed E-state index contributed by atoms with van der Waals surface area (Å²) in [4.78, 5) is 16.5. The zero-order chi connectivity index (χ0) is 19.4. The van der Waals surface area contributed by atoms with Gasteiger partial charge in [-0.3, -0.25) is 4.79 Å². The second-order valence-corrected chi connectivity index (χ2v) is 8.42. The van der Waals surface area contributed by atoms with Gasteiger partial charge in [-0.05, 0) is 30.3 Å². The number of nitrogens with zero attached hydrogens (tertiary/aromatic N) is 1. The van der Waals surface area contributed by atoms with Gasteiger partial charge >= 0.3 is 6.18 Å². The molecule has 3 aromatic rings. The molecule has 0 unspecified atom stereocenters. The second kappa shape index (κ2) is 8.45. The van der Waals surface area contributed by atoms with Gasteiger partial charge in [-0.2, -0.15) is 13.2 Å². The molecular formula is C18H12BrF3N2OS2. The van der Waals surface area contributed by atoms with Gasteiger partial charge in [0, 0.05) is 21.1 Å². The summed E-state index contributed by atoms with van der Waals surface area (Å²) >= 11 is 6.03. The third kappa shape index (κ3) is 5.57. The van der Waals surface area contributed by atoms with E-state index >= 15 is 0 Å². The van der Waals surface area contributed by atoms with E-state index in [1.54, 1.807) is 0 Å². The lowest BCUT2D eigenvalue weighted by molar-refractivity contribution is -0.137. The van der Waals surface area contributed by atoms with E-state index in [2.05, 4.69) is 26.2 Å². The van der Waals surface area contributed by atoms with Crippen LogP contribution in [0.4, 0.5) is 18.9 Å². The molecule has 1 heterocycles. The second-order valence-electron chi connectivity index (χ2n) is 5.42. The molecule has 27 heavy (non-hydrogen) atoms. The SMILES string of the molecule is O=C(CSc1nc(-c2ccc(Br)cc2)cs1)Nc1cccc(C(F)(F)F)c1. The van der Waals surface area contributed by atoms with E-state index in [1.165, 1.54) is 35.2 Å². The average Bonchev–Trinajstić information content (AvgIpc) is 3.09. The Morgan fingerprint density at radius 3 is 2.63 bits per heavy atom. The Hall–Kier alpha value is -1.84. The molecule has 0 saturated heterocycles. The molecule has 2 aromatic carbocycles. The molecule has 0 atom stereocenters. The molecule has 0 bridgehead atoms. The summed E-state index contributed by atoms with van der Waals surface area (Å²) < 4.78 is 39.8. The number of carbonyl (C=O) groups is 1. The lowest BCUT2D eigenvalue weighted by Gasteiger charge is -2.09. The number of hydrogen-bond acceptors (Lipinski definition) is 4. The fourth-order valence-electron chi connectivity index (χ4n) is 2.17. The Balaban J connectivity index is 1.58. The average molecular weight is 473 g/mol. The predicted octanol–water partition coefficient (Wildman–Crippen LogP) is 6.32. The van der Waals surface area contributed by atoms with Gasteiger partial charge in [0.2, 0.25) is 5.91 Å². The Kier molecular flexibility index (Phi) is 6.23. The summed E-state index contributed by atoms with van der Waals surface area (Å²) in [7, 11) is 0. The summed E-state index contributed by atoms with van der Waals surface area (Å²) in [5.41, 5.74) is 1.10. The molecule has 1 aromatic heterocycles. The van der Waals surface area contributed by atoms with Gasteiger partial charge in [0.05, 0.1) is 17.0 Å². The van der Waals surface area contributed by atoms with Crippen molar-refractivity contribution in [3.8, 4) is 11.3 Å². The highest BCUT2D eigenvalue weighted by Crippen LogP contribution is 2.31. The highest BCUT2D eigenvalue weighted by Gasteiger charge is 2.30. The molecule has 0 aliphatic heterocycles. The minimum absolute atomic E-state index is 0.0591. The third-order valence-corrected chi connectivity index (χ3v) is 5.97. The number of hydrogen-bond donors (Lipinski definition) is 1. The Morgan fingerprint density at radius 1 is 1.19 bits per heavy atom. The van der Waals surface area contributed by atoms with Gasteiger partial charge in [0.15, 0.2) is 4.34 Å². The van der Waals surface area contributed by atoms with E-state index in [0.29, 0.717) is 4.34 Å². The van der Waals surface area contributed by atoms with E-state index in [9.17, 15) is 18.0 Å². The molecule has 0 aliphatic rings. The molecule has 0 fully saturated rings. The largest absolute Gasteiger partial charge is 0.416 e. The van der Waals surface area contributed by atoms with Crippen molar-refractivity contribution in [2.24, 2.45) is 0 Å². The number of alkyl halides is 3. The zero-order valence-corrected chi connectivity index (χ0v) is 16.8. The van der Waals surface area contributed by atoms with Crippen LogP contribution in [-0.4, -0.2) is 16.6 Å². The highest BCUT2D eigenvalue weighted by atomic mass is 79.9. The van der Waals surface area contributed by atoms with E-state index in [-0.39, 0.29) is 17.3 Å². The highest BCUT2D eigenvalue weighted by molar-refractivity contribution is 9.10. The monoisotopic (exact) mass is 472 g/mol. The van der Waals surface area contributed by atoms with Crippen LogP contribution in [0.1, 0.15) is 5.56 Å². The molecule has 3 rings (SSSR count). The number of aromatic nitrogens is 1. The van der Waals surface area contributed by atoms with Crippen LogP contribution in [0.15, 0.2) is 62.7 Å². The molecule has 0 spiro atoms. The van der Waals surface area contributed by atoms with Crippen molar-refractivity contribution in [3.05, 3.63) is 63.9 Å². The first kappa shape index (κ1) is 19.9. The number of nitrogens with one attached hydrogen (secondary N) is 1. The number of anilines is 1. The van der Waals surface area contributed by atoms with Crippen molar-refractivity contribution in [2.45, 2.75) is 10.5 Å². The lowest BCUT2D eigenvalue weighted by atomic mass is 10.2. The van der Waals surface area contributed by atoms with Crippen molar-refractivity contribution in [2.75, 3.05) is 11.1 Å². The van der Waals surface area contributed by atoms with E-state index in [0.717, 1.165) is 27.9 Å². The van der Waals surface area contributed by atoms with E-state index in [1.807, 2.05) is 29.6 Å². The molecule has 3 nitrogen and oxygen atoms in total. The number of rotatable bonds is 5. The van der Waals surface area contributed by atoms with E-state index in [4.69, 9.17) is 0 Å². The first-order valence-electron chi connectivity index (χ1n) is 7.62. The maximum atomic E-state index is 12.7. The molecule has 1 amide bonds. The maximum absolute atomic E-state index is 12.7. The quantitative estimate of drug-likeness (QED) is 0.441. The van der Waals surface area contributed by atoms with Crippen LogP contribution in [0.5, 0.6) is 0 Å². The molecule has 0 saturated carbocycles. The van der Waals surface area contributed by atoms with Crippen LogP contribution in [0.25, 0.3) is 11.3 Å². The fraction of sp³-hybridized carbons (Fsp3) is 0.111. The summed E-state index contributed by atoms with van der Waals surface area (Å²) in [6.45, 7) is 0. The molecule has 9 heteroatoms. The Bertz CT molecular complexity index is 942. The number of amides is 1. The first-order chi connectivity index (χ1) is 12.8. The van der Waals surface area contributed by atoms with Crippen molar-refractivity contribution in [1.29, 1.82) is 0 Å². The van der Waals surface area contributed by atoms with Crippen LogP contribution >= 0.6 is 39.0 Å². The van der Waals surface area contributed by atoms with Crippen LogP contribution in [0.2, 0.25) is 0 Å². The predicted molar refractivity (Wildman–Crippen MR) is 106 cm³/mol. The maximum Gasteiger partial charge on any atom is 0.416 e. The van der Waals surface area contributed by atoms with Crippen molar-refractivity contribution in [1.82, 2.24) is 4.98 Å². The van der Waals surface area contributed by atoms with E-state index < -0.39 is 11.7 Å². The Labute approximate surface area is 170 Å². The zero-order valence-electron chi connectivity index (χ0n) is 13.6.